The van der Waals surface area contributed by atoms with Gasteiger partial charge in [0.05, 0.1) is 38.3 Å². The van der Waals surface area contributed by atoms with E-state index < -0.39 is 17.1 Å². The monoisotopic (exact) mass is 576 g/mol. The van der Waals surface area contributed by atoms with Gasteiger partial charge in [-0.1, -0.05) is 17.8 Å². The molecule has 41 heavy (non-hydrogen) atoms. The number of aromatic hydroxyl groups is 1. The van der Waals surface area contributed by atoms with E-state index in [1.165, 1.54) is 30.4 Å². The van der Waals surface area contributed by atoms with E-state index in [2.05, 4.69) is 15.5 Å². The van der Waals surface area contributed by atoms with E-state index in [1.807, 2.05) is 0 Å². The van der Waals surface area contributed by atoms with E-state index in [0.717, 1.165) is 11.8 Å². The molecule has 1 heterocycles. The first-order valence-corrected chi connectivity index (χ1v) is 13.4. The second-order valence-electron chi connectivity index (χ2n) is 8.59. The average Bonchev–Trinajstić information content (AvgIpc) is 3.27. The lowest BCUT2D eigenvalue weighted by molar-refractivity contribution is -0.121. The molecule has 212 valence electrons. The molecule has 1 aliphatic heterocycles. The van der Waals surface area contributed by atoms with Crippen LogP contribution >= 0.6 is 11.8 Å². The number of phenols is 1. The second kappa shape index (κ2) is 13.5. The Labute approximate surface area is 240 Å². The number of rotatable bonds is 10. The van der Waals surface area contributed by atoms with Gasteiger partial charge in [-0.05, 0) is 67.1 Å². The summed E-state index contributed by atoms with van der Waals surface area (Å²) in [6.45, 7) is 1.98. The number of anilines is 2. The molecule has 4 rings (SSSR count). The molecule has 0 bridgehead atoms. The molecule has 1 fully saturated rings. The maximum atomic E-state index is 13.4. The zero-order valence-corrected chi connectivity index (χ0v) is 23.4. The predicted molar refractivity (Wildman–Crippen MR) is 157 cm³/mol. The number of ether oxygens (including phenoxy) is 3. The lowest BCUT2D eigenvalue weighted by Gasteiger charge is -2.16. The van der Waals surface area contributed by atoms with E-state index in [9.17, 15) is 19.5 Å². The summed E-state index contributed by atoms with van der Waals surface area (Å²) in [5, 5.41) is 20.6. The van der Waals surface area contributed by atoms with Crippen molar-refractivity contribution < 1.29 is 33.7 Å². The third-order valence-corrected chi connectivity index (χ3v) is 6.96. The van der Waals surface area contributed by atoms with Crippen LogP contribution in [0.3, 0.4) is 0 Å². The van der Waals surface area contributed by atoms with Crippen LogP contribution in [0.4, 0.5) is 11.4 Å². The molecule has 1 saturated heterocycles. The minimum absolute atomic E-state index is 0.0269. The zero-order valence-electron chi connectivity index (χ0n) is 22.6. The van der Waals surface area contributed by atoms with E-state index >= 15 is 0 Å². The number of hydrogen-bond donors (Lipinski definition) is 2. The fraction of sp³-hybridized carbons (Fsp3) is 0.207. The fourth-order valence-corrected chi connectivity index (χ4v) is 4.99. The third kappa shape index (κ3) is 7.22. The Morgan fingerprint density at radius 1 is 1.05 bits per heavy atom. The van der Waals surface area contributed by atoms with Gasteiger partial charge in [-0.3, -0.25) is 14.5 Å². The number of hydrogen-bond acceptors (Lipinski definition) is 10. The number of carbonyl (C=O) groups excluding carboxylic acids is 3. The highest BCUT2D eigenvalue weighted by molar-refractivity contribution is 8.16. The van der Waals surface area contributed by atoms with Gasteiger partial charge >= 0.3 is 5.97 Å². The summed E-state index contributed by atoms with van der Waals surface area (Å²) in [5.74, 6) is -0.164. The van der Waals surface area contributed by atoms with Crippen LogP contribution in [-0.2, 0) is 14.3 Å². The molecule has 2 N–H and O–H groups in total. The first kappa shape index (κ1) is 29.2. The van der Waals surface area contributed by atoms with Gasteiger partial charge in [0.1, 0.15) is 11.0 Å². The zero-order chi connectivity index (χ0) is 29.4. The SMILES string of the molecule is CCOC(=O)c1ccc(NC(=O)CC2S/C(=N/N=C/c3ccc(OC)c(OC)c3)N(c3cccc(O)c3)C2=O)cc1. The highest BCUT2D eigenvalue weighted by Crippen LogP contribution is 2.35. The van der Waals surface area contributed by atoms with E-state index in [4.69, 9.17) is 14.2 Å². The molecule has 1 aliphatic rings. The molecule has 0 aromatic heterocycles. The Kier molecular flexibility index (Phi) is 9.59. The van der Waals surface area contributed by atoms with Gasteiger partial charge in [0.2, 0.25) is 11.8 Å². The second-order valence-corrected chi connectivity index (χ2v) is 9.76. The number of benzene rings is 3. The number of nitrogens with zero attached hydrogens (tertiary/aromatic N) is 3. The molecular weight excluding hydrogens is 548 g/mol. The largest absolute Gasteiger partial charge is 0.508 e. The van der Waals surface area contributed by atoms with Crippen LogP contribution in [0.2, 0.25) is 0 Å². The quantitative estimate of drug-likeness (QED) is 0.205. The maximum Gasteiger partial charge on any atom is 0.338 e. The van der Waals surface area contributed by atoms with Gasteiger partial charge in [-0.2, -0.15) is 5.10 Å². The molecule has 1 atom stereocenters. The summed E-state index contributed by atoms with van der Waals surface area (Å²) in [6.07, 6.45) is 1.36. The Hall–Kier alpha value is -4.84. The van der Waals surface area contributed by atoms with Crippen LogP contribution in [0.5, 0.6) is 17.2 Å². The van der Waals surface area contributed by atoms with Gasteiger partial charge in [-0.15, -0.1) is 5.10 Å². The number of thioether (sulfide) groups is 1. The van der Waals surface area contributed by atoms with Crippen molar-refractivity contribution in [1.29, 1.82) is 0 Å². The molecule has 3 aromatic carbocycles. The average molecular weight is 577 g/mol. The Morgan fingerprint density at radius 2 is 1.80 bits per heavy atom. The number of amidine groups is 1. The Bertz CT molecular complexity index is 1490. The Morgan fingerprint density at radius 3 is 2.49 bits per heavy atom. The highest BCUT2D eigenvalue weighted by atomic mass is 32.2. The highest BCUT2D eigenvalue weighted by Gasteiger charge is 2.40. The number of phenolic OH excluding ortho intramolecular Hbond substituents is 1. The molecule has 2 amide bonds. The smallest absolute Gasteiger partial charge is 0.338 e. The molecule has 11 nitrogen and oxygen atoms in total. The normalized spacial score (nSPS) is 15.8. The van der Waals surface area contributed by atoms with Crippen LogP contribution in [0.15, 0.2) is 76.9 Å². The van der Waals surface area contributed by atoms with Crippen molar-refractivity contribution in [1.82, 2.24) is 0 Å². The lowest BCUT2D eigenvalue weighted by Crippen LogP contribution is -2.33. The van der Waals surface area contributed by atoms with Crippen molar-refractivity contribution in [2.45, 2.75) is 18.6 Å². The van der Waals surface area contributed by atoms with Crippen LogP contribution in [-0.4, -0.2) is 60.3 Å². The fourth-order valence-electron chi connectivity index (χ4n) is 3.90. The van der Waals surface area contributed by atoms with Crippen molar-refractivity contribution in [3.05, 3.63) is 77.9 Å². The van der Waals surface area contributed by atoms with Crippen LogP contribution in [0.1, 0.15) is 29.3 Å². The van der Waals surface area contributed by atoms with Gasteiger partial charge in [0.15, 0.2) is 16.7 Å². The molecule has 0 aliphatic carbocycles. The van der Waals surface area contributed by atoms with Crippen molar-refractivity contribution in [3.63, 3.8) is 0 Å². The van der Waals surface area contributed by atoms with E-state index in [1.54, 1.807) is 68.6 Å². The summed E-state index contributed by atoms with van der Waals surface area (Å²) in [6, 6.07) is 17.7. The van der Waals surface area contributed by atoms with Crippen molar-refractivity contribution in [3.8, 4) is 17.2 Å². The van der Waals surface area contributed by atoms with Crippen molar-refractivity contribution >= 4 is 52.3 Å². The number of carbonyl (C=O) groups is 3. The van der Waals surface area contributed by atoms with Crippen molar-refractivity contribution in [2.75, 3.05) is 31.0 Å². The summed E-state index contributed by atoms with van der Waals surface area (Å²) < 4.78 is 15.5. The third-order valence-electron chi connectivity index (χ3n) is 5.83. The van der Waals surface area contributed by atoms with Gasteiger partial charge in [0.25, 0.3) is 0 Å². The minimum Gasteiger partial charge on any atom is -0.508 e. The lowest BCUT2D eigenvalue weighted by atomic mass is 10.2. The molecule has 0 saturated carbocycles. The number of amides is 2. The van der Waals surface area contributed by atoms with Gasteiger partial charge < -0.3 is 24.6 Å². The van der Waals surface area contributed by atoms with Crippen molar-refractivity contribution in [2.24, 2.45) is 10.2 Å². The summed E-state index contributed by atoms with van der Waals surface area (Å²) in [5.41, 5.74) is 1.91. The molecule has 1 unspecified atom stereocenters. The molecular formula is C29H28N4O7S. The minimum atomic E-state index is -0.786. The topological polar surface area (TPSA) is 139 Å². The predicted octanol–water partition coefficient (Wildman–Crippen LogP) is 4.45. The molecule has 3 aromatic rings. The summed E-state index contributed by atoms with van der Waals surface area (Å²) in [4.78, 5) is 39.4. The molecule has 0 spiro atoms. The van der Waals surface area contributed by atoms with E-state index in [0.29, 0.717) is 34.0 Å². The summed E-state index contributed by atoms with van der Waals surface area (Å²) >= 11 is 1.09. The first-order valence-electron chi connectivity index (χ1n) is 12.5. The number of methoxy groups -OCH3 is 2. The van der Waals surface area contributed by atoms with Gasteiger partial charge in [0, 0.05) is 18.2 Å². The van der Waals surface area contributed by atoms with Gasteiger partial charge in [-0.25, -0.2) is 4.79 Å². The maximum absolute atomic E-state index is 13.4. The van der Waals surface area contributed by atoms with Crippen LogP contribution < -0.4 is 19.7 Å². The number of esters is 1. The number of nitrogens with one attached hydrogen (secondary N) is 1. The molecule has 12 heteroatoms. The summed E-state index contributed by atoms with van der Waals surface area (Å²) in [7, 11) is 3.07. The standard InChI is InChI=1S/C29H28N4O7S/c1-4-40-28(37)19-9-11-20(12-10-19)31-26(35)16-25-27(36)33(21-6-5-7-22(34)15-21)29(41-25)32-30-17-18-8-13-23(38-2)24(14-18)39-3/h5-15,17,25,34H,4,16H2,1-3H3,(H,31,35)/b30-17+,32-29+. The van der Waals surface area contributed by atoms with Crippen LogP contribution in [0, 0.1) is 0 Å². The van der Waals surface area contributed by atoms with Crippen LogP contribution in [0.25, 0.3) is 0 Å². The first-order chi connectivity index (χ1) is 19.8. The van der Waals surface area contributed by atoms with E-state index in [-0.39, 0.29) is 29.9 Å². The Balaban J connectivity index is 1.51. The molecule has 0 radical (unpaired) electrons.